The standard InChI is InChI=1S/C13H16N2O/c1-9-4-6-12(7-5-9)8-15-13(16)10(2)11(3)14-15/h4-7,10H,8H2,1-3H3. The minimum Gasteiger partial charge on any atom is -0.272 e. The first kappa shape index (κ1) is 10.9. The van der Waals surface area contributed by atoms with Crippen LogP contribution in [0.4, 0.5) is 0 Å². The minimum atomic E-state index is -0.0644. The summed E-state index contributed by atoms with van der Waals surface area (Å²) < 4.78 is 0. The Morgan fingerprint density at radius 2 is 1.88 bits per heavy atom. The molecule has 0 N–H and O–H groups in total. The molecule has 1 aliphatic rings. The molecule has 2 rings (SSSR count). The maximum atomic E-state index is 11.8. The molecule has 0 saturated carbocycles. The summed E-state index contributed by atoms with van der Waals surface area (Å²) in [5.74, 6) is 0.0310. The molecule has 0 radical (unpaired) electrons. The average molecular weight is 216 g/mol. The molecule has 0 aromatic heterocycles. The predicted molar refractivity (Wildman–Crippen MR) is 64.0 cm³/mol. The summed E-state index contributed by atoms with van der Waals surface area (Å²) in [6.07, 6.45) is 0. The van der Waals surface area contributed by atoms with Crippen LogP contribution >= 0.6 is 0 Å². The normalized spacial score (nSPS) is 20.2. The molecule has 3 heteroatoms. The molecular weight excluding hydrogens is 200 g/mol. The fraction of sp³-hybridized carbons (Fsp3) is 0.385. The zero-order valence-corrected chi connectivity index (χ0v) is 9.90. The Balaban J connectivity index is 2.12. The Hall–Kier alpha value is -1.64. The number of nitrogens with zero attached hydrogens (tertiary/aromatic N) is 2. The second-order valence-corrected chi connectivity index (χ2v) is 4.34. The molecular formula is C13H16N2O. The molecule has 1 aromatic carbocycles. The zero-order chi connectivity index (χ0) is 11.7. The van der Waals surface area contributed by atoms with Gasteiger partial charge in [0.1, 0.15) is 0 Å². The first-order chi connectivity index (χ1) is 7.58. The first-order valence-corrected chi connectivity index (χ1v) is 5.50. The van der Waals surface area contributed by atoms with Crippen LogP contribution in [0.3, 0.4) is 0 Å². The fourth-order valence-corrected chi connectivity index (χ4v) is 1.71. The van der Waals surface area contributed by atoms with E-state index in [0.29, 0.717) is 6.54 Å². The van der Waals surface area contributed by atoms with Gasteiger partial charge in [0.2, 0.25) is 0 Å². The van der Waals surface area contributed by atoms with Gasteiger partial charge >= 0.3 is 0 Å². The predicted octanol–water partition coefficient (Wildman–Crippen LogP) is 2.35. The Morgan fingerprint density at radius 1 is 1.25 bits per heavy atom. The number of benzene rings is 1. The van der Waals surface area contributed by atoms with Crippen LogP contribution < -0.4 is 0 Å². The maximum absolute atomic E-state index is 11.8. The van der Waals surface area contributed by atoms with E-state index in [1.807, 2.05) is 26.0 Å². The van der Waals surface area contributed by atoms with Crippen molar-refractivity contribution in [2.45, 2.75) is 27.3 Å². The highest BCUT2D eigenvalue weighted by Gasteiger charge is 2.29. The van der Waals surface area contributed by atoms with Gasteiger partial charge in [0.25, 0.3) is 5.91 Å². The Bertz CT molecular complexity index is 434. The van der Waals surface area contributed by atoms with Crippen molar-refractivity contribution >= 4 is 11.6 Å². The lowest BCUT2D eigenvalue weighted by Gasteiger charge is -2.12. The number of carbonyl (C=O) groups excluding carboxylic acids is 1. The van der Waals surface area contributed by atoms with E-state index in [-0.39, 0.29) is 11.8 Å². The highest BCUT2D eigenvalue weighted by molar-refractivity contribution is 6.06. The smallest absolute Gasteiger partial charge is 0.251 e. The van der Waals surface area contributed by atoms with Gasteiger partial charge < -0.3 is 0 Å². The molecule has 0 bridgehead atoms. The maximum Gasteiger partial charge on any atom is 0.251 e. The number of rotatable bonds is 2. The van der Waals surface area contributed by atoms with Crippen molar-refractivity contribution in [3.8, 4) is 0 Å². The topological polar surface area (TPSA) is 32.7 Å². The van der Waals surface area contributed by atoms with E-state index in [1.54, 1.807) is 5.01 Å². The Kier molecular flexibility index (Phi) is 2.77. The second kappa shape index (κ2) is 4.08. The van der Waals surface area contributed by atoms with Crippen molar-refractivity contribution < 1.29 is 4.79 Å². The molecule has 3 nitrogen and oxygen atoms in total. The van der Waals surface area contributed by atoms with E-state index in [0.717, 1.165) is 11.3 Å². The average Bonchev–Trinajstić information content (AvgIpc) is 2.50. The summed E-state index contributed by atoms with van der Waals surface area (Å²) >= 11 is 0. The molecule has 16 heavy (non-hydrogen) atoms. The summed E-state index contributed by atoms with van der Waals surface area (Å²) in [6, 6.07) is 8.18. The van der Waals surface area contributed by atoms with Crippen molar-refractivity contribution in [2.75, 3.05) is 0 Å². The van der Waals surface area contributed by atoms with Gasteiger partial charge in [-0.3, -0.25) is 4.79 Å². The van der Waals surface area contributed by atoms with E-state index in [9.17, 15) is 4.79 Å². The fourth-order valence-electron chi connectivity index (χ4n) is 1.71. The SMILES string of the molecule is CC1=NN(Cc2ccc(C)cc2)C(=O)C1C. The summed E-state index contributed by atoms with van der Waals surface area (Å²) in [6.45, 7) is 6.42. The van der Waals surface area contributed by atoms with Crippen LogP contribution in [0.25, 0.3) is 0 Å². The number of hydrogen-bond donors (Lipinski definition) is 0. The molecule has 1 unspecified atom stereocenters. The molecule has 1 atom stereocenters. The van der Waals surface area contributed by atoms with Crippen molar-refractivity contribution in [1.29, 1.82) is 0 Å². The van der Waals surface area contributed by atoms with Gasteiger partial charge in [0, 0.05) is 5.71 Å². The molecule has 0 spiro atoms. The highest BCUT2D eigenvalue weighted by Crippen LogP contribution is 2.17. The number of amides is 1. The van der Waals surface area contributed by atoms with Gasteiger partial charge in [-0.15, -0.1) is 0 Å². The number of hydrazone groups is 1. The summed E-state index contributed by atoms with van der Waals surface area (Å²) in [5.41, 5.74) is 3.24. The summed E-state index contributed by atoms with van der Waals surface area (Å²) in [7, 11) is 0. The number of aryl methyl sites for hydroxylation is 1. The van der Waals surface area contributed by atoms with Crippen molar-refractivity contribution in [1.82, 2.24) is 5.01 Å². The van der Waals surface area contributed by atoms with Crippen LogP contribution in [0, 0.1) is 12.8 Å². The lowest BCUT2D eigenvalue weighted by Crippen LogP contribution is -2.25. The second-order valence-electron chi connectivity index (χ2n) is 4.34. The van der Waals surface area contributed by atoms with E-state index < -0.39 is 0 Å². The number of carbonyl (C=O) groups is 1. The molecule has 1 heterocycles. The van der Waals surface area contributed by atoms with E-state index >= 15 is 0 Å². The quantitative estimate of drug-likeness (QED) is 0.747. The van der Waals surface area contributed by atoms with Crippen LogP contribution in [-0.2, 0) is 11.3 Å². The van der Waals surface area contributed by atoms with Gasteiger partial charge in [-0.2, -0.15) is 5.10 Å². The molecule has 0 fully saturated rings. The van der Waals surface area contributed by atoms with Crippen molar-refractivity contribution in [3.63, 3.8) is 0 Å². The first-order valence-electron chi connectivity index (χ1n) is 5.50. The van der Waals surface area contributed by atoms with Crippen LogP contribution in [0.2, 0.25) is 0 Å². The van der Waals surface area contributed by atoms with Crippen LogP contribution in [0.1, 0.15) is 25.0 Å². The van der Waals surface area contributed by atoms with Crippen molar-refractivity contribution in [3.05, 3.63) is 35.4 Å². The minimum absolute atomic E-state index is 0.0644. The van der Waals surface area contributed by atoms with Crippen LogP contribution in [-0.4, -0.2) is 16.6 Å². The van der Waals surface area contributed by atoms with Gasteiger partial charge in [-0.1, -0.05) is 29.8 Å². The molecule has 84 valence electrons. The highest BCUT2D eigenvalue weighted by atomic mass is 16.2. The van der Waals surface area contributed by atoms with Gasteiger partial charge in [0.05, 0.1) is 12.5 Å². The van der Waals surface area contributed by atoms with E-state index in [2.05, 4.69) is 24.2 Å². The number of hydrogen-bond acceptors (Lipinski definition) is 2. The molecule has 1 aromatic rings. The van der Waals surface area contributed by atoms with E-state index in [1.165, 1.54) is 5.56 Å². The molecule has 1 aliphatic heterocycles. The summed E-state index contributed by atoms with van der Waals surface area (Å²) in [5, 5.41) is 5.83. The third-order valence-electron chi connectivity index (χ3n) is 2.98. The van der Waals surface area contributed by atoms with Crippen LogP contribution in [0.15, 0.2) is 29.4 Å². The molecule has 1 amide bonds. The monoisotopic (exact) mass is 216 g/mol. The van der Waals surface area contributed by atoms with Gasteiger partial charge in [-0.25, -0.2) is 5.01 Å². The zero-order valence-electron chi connectivity index (χ0n) is 9.90. The lowest BCUT2D eigenvalue weighted by atomic mass is 10.1. The van der Waals surface area contributed by atoms with Gasteiger partial charge in [-0.05, 0) is 26.3 Å². The third kappa shape index (κ3) is 1.98. The summed E-state index contributed by atoms with van der Waals surface area (Å²) in [4.78, 5) is 11.8. The lowest BCUT2D eigenvalue weighted by molar-refractivity contribution is -0.131. The van der Waals surface area contributed by atoms with E-state index in [4.69, 9.17) is 0 Å². The molecule has 0 aliphatic carbocycles. The van der Waals surface area contributed by atoms with Crippen LogP contribution in [0.5, 0.6) is 0 Å². The Morgan fingerprint density at radius 3 is 2.38 bits per heavy atom. The largest absolute Gasteiger partial charge is 0.272 e. The van der Waals surface area contributed by atoms with Crippen molar-refractivity contribution in [2.24, 2.45) is 11.0 Å². The third-order valence-corrected chi connectivity index (χ3v) is 2.98. The molecule has 0 saturated heterocycles. The Labute approximate surface area is 95.8 Å². The van der Waals surface area contributed by atoms with Gasteiger partial charge in [0.15, 0.2) is 0 Å².